The number of aryl methyl sites for hydroxylation is 1. The van der Waals surface area contributed by atoms with Crippen LogP contribution in [-0.2, 0) is 0 Å². The Morgan fingerprint density at radius 2 is 1.94 bits per heavy atom. The second kappa shape index (κ2) is 9.42. The lowest BCUT2D eigenvalue weighted by molar-refractivity contribution is 0.296. The van der Waals surface area contributed by atoms with Gasteiger partial charge in [-0.25, -0.2) is 0 Å². The van der Waals surface area contributed by atoms with E-state index in [2.05, 4.69) is 43.4 Å². The molecular weight excluding hydrogens is 242 g/mol. The third-order valence-corrected chi connectivity index (χ3v) is 4.04. The average Bonchev–Trinajstić information content (AvgIpc) is 2.39. The van der Waals surface area contributed by atoms with Crippen molar-refractivity contribution < 1.29 is 5.11 Å². The van der Waals surface area contributed by atoms with Crippen molar-refractivity contribution >= 4 is 11.8 Å². The van der Waals surface area contributed by atoms with Crippen LogP contribution < -0.4 is 5.32 Å². The number of rotatable bonds is 9. The Morgan fingerprint density at radius 3 is 2.56 bits per heavy atom. The van der Waals surface area contributed by atoms with Crippen LogP contribution in [0, 0.1) is 6.92 Å². The molecule has 0 heterocycles. The Morgan fingerprint density at radius 1 is 1.22 bits per heavy atom. The van der Waals surface area contributed by atoms with Gasteiger partial charge in [-0.1, -0.05) is 36.8 Å². The first-order valence-corrected chi connectivity index (χ1v) is 7.92. The van der Waals surface area contributed by atoms with Gasteiger partial charge in [0.25, 0.3) is 0 Å². The van der Waals surface area contributed by atoms with Crippen LogP contribution in [0.1, 0.15) is 36.9 Å². The van der Waals surface area contributed by atoms with Crippen LogP contribution in [0.5, 0.6) is 0 Å². The number of aliphatic hydroxyl groups excluding tert-OH is 1. The molecule has 0 amide bonds. The molecule has 0 aromatic heterocycles. The predicted octanol–water partition coefficient (Wildman–Crippen LogP) is 3.15. The smallest absolute Gasteiger partial charge is 0.0438 e. The largest absolute Gasteiger partial charge is 0.396 e. The number of aliphatic hydroxyl groups is 1. The van der Waals surface area contributed by atoms with E-state index in [1.54, 1.807) is 0 Å². The third kappa shape index (κ3) is 5.89. The normalized spacial score (nSPS) is 12.6. The predicted molar refractivity (Wildman–Crippen MR) is 81.2 cm³/mol. The molecule has 1 rings (SSSR count). The van der Waals surface area contributed by atoms with Crippen molar-refractivity contribution in [3.8, 4) is 0 Å². The van der Waals surface area contributed by atoms with Crippen LogP contribution in [0.15, 0.2) is 24.3 Å². The molecule has 3 heteroatoms. The summed E-state index contributed by atoms with van der Waals surface area (Å²) in [5.41, 5.74) is 2.69. The maximum Gasteiger partial charge on any atom is 0.0438 e. The highest BCUT2D eigenvalue weighted by Gasteiger charge is 2.07. The summed E-state index contributed by atoms with van der Waals surface area (Å²) in [4.78, 5) is 0. The Labute approximate surface area is 115 Å². The minimum atomic E-state index is 0.307. The zero-order chi connectivity index (χ0) is 13.2. The molecule has 18 heavy (non-hydrogen) atoms. The van der Waals surface area contributed by atoms with E-state index in [0.717, 1.165) is 30.9 Å². The minimum Gasteiger partial charge on any atom is -0.396 e. The van der Waals surface area contributed by atoms with Gasteiger partial charge < -0.3 is 10.4 Å². The Bertz CT molecular complexity index is 313. The molecule has 1 unspecified atom stereocenters. The summed E-state index contributed by atoms with van der Waals surface area (Å²) in [5.74, 6) is 2.17. The minimum absolute atomic E-state index is 0.307. The number of thioether (sulfide) groups is 1. The second-order valence-corrected chi connectivity index (χ2v) is 5.74. The molecule has 2 N–H and O–H groups in total. The first-order valence-electron chi connectivity index (χ1n) is 6.76. The van der Waals surface area contributed by atoms with Crippen molar-refractivity contribution in [2.75, 3.05) is 24.7 Å². The van der Waals surface area contributed by atoms with Crippen LogP contribution in [0.2, 0.25) is 0 Å². The summed E-state index contributed by atoms with van der Waals surface area (Å²) in [6, 6.07) is 9.25. The summed E-state index contributed by atoms with van der Waals surface area (Å²) in [6.07, 6.45) is 2.02. The first kappa shape index (κ1) is 15.5. The molecule has 0 bridgehead atoms. The van der Waals surface area contributed by atoms with Gasteiger partial charge in [-0.3, -0.25) is 0 Å². The second-order valence-electron chi connectivity index (χ2n) is 4.52. The molecule has 0 saturated carbocycles. The van der Waals surface area contributed by atoms with Gasteiger partial charge in [-0.15, -0.1) is 0 Å². The highest BCUT2D eigenvalue weighted by Crippen LogP contribution is 2.17. The lowest BCUT2D eigenvalue weighted by atomic mass is 10.0. The maximum absolute atomic E-state index is 8.69. The van der Waals surface area contributed by atoms with E-state index in [-0.39, 0.29) is 0 Å². The van der Waals surface area contributed by atoms with Crippen molar-refractivity contribution in [2.24, 2.45) is 0 Å². The van der Waals surface area contributed by atoms with Gasteiger partial charge in [-0.2, -0.15) is 11.8 Å². The van der Waals surface area contributed by atoms with Crippen molar-refractivity contribution in [3.63, 3.8) is 0 Å². The lowest BCUT2D eigenvalue weighted by Gasteiger charge is -2.17. The summed E-state index contributed by atoms with van der Waals surface area (Å²) < 4.78 is 0. The number of hydrogen-bond donors (Lipinski definition) is 2. The van der Waals surface area contributed by atoms with E-state index in [9.17, 15) is 0 Å². The van der Waals surface area contributed by atoms with Crippen LogP contribution in [-0.4, -0.2) is 29.8 Å². The third-order valence-electron chi connectivity index (χ3n) is 2.97. The monoisotopic (exact) mass is 267 g/mol. The Balaban J connectivity index is 2.27. The Hall–Kier alpha value is -0.510. The van der Waals surface area contributed by atoms with Gasteiger partial charge in [0.1, 0.15) is 0 Å². The molecule has 0 aliphatic heterocycles. The molecular formula is C15H25NOS. The topological polar surface area (TPSA) is 32.3 Å². The van der Waals surface area contributed by atoms with Crippen LogP contribution >= 0.6 is 11.8 Å². The SMILES string of the molecule is CCC(NCCSCCCO)c1ccc(C)cc1. The number of benzene rings is 1. The molecule has 1 aromatic rings. The van der Waals surface area contributed by atoms with Gasteiger partial charge in [0.15, 0.2) is 0 Å². The van der Waals surface area contributed by atoms with Crippen LogP contribution in [0.25, 0.3) is 0 Å². The van der Waals surface area contributed by atoms with E-state index in [4.69, 9.17) is 5.11 Å². The molecule has 0 fully saturated rings. The quantitative estimate of drug-likeness (QED) is 0.674. The van der Waals surface area contributed by atoms with Crippen molar-refractivity contribution in [1.29, 1.82) is 0 Å². The highest BCUT2D eigenvalue weighted by molar-refractivity contribution is 7.99. The van der Waals surface area contributed by atoms with Gasteiger partial charge in [0.05, 0.1) is 0 Å². The first-order chi connectivity index (χ1) is 8.77. The molecule has 0 aliphatic carbocycles. The van der Waals surface area contributed by atoms with E-state index >= 15 is 0 Å². The summed E-state index contributed by atoms with van der Waals surface area (Å²) in [7, 11) is 0. The average molecular weight is 267 g/mol. The van der Waals surface area contributed by atoms with Crippen LogP contribution in [0.4, 0.5) is 0 Å². The van der Waals surface area contributed by atoms with Gasteiger partial charge >= 0.3 is 0 Å². The van der Waals surface area contributed by atoms with Gasteiger partial charge in [0.2, 0.25) is 0 Å². The van der Waals surface area contributed by atoms with Gasteiger partial charge in [-0.05, 0) is 31.1 Å². The fourth-order valence-corrected chi connectivity index (χ4v) is 2.67. The number of hydrogen-bond acceptors (Lipinski definition) is 3. The maximum atomic E-state index is 8.69. The number of nitrogens with one attached hydrogen (secondary N) is 1. The van der Waals surface area contributed by atoms with Crippen LogP contribution in [0.3, 0.4) is 0 Å². The molecule has 0 spiro atoms. The zero-order valence-corrected chi connectivity index (χ0v) is 12.3. The fourth-order valence-electron chi connectivity index (χ4n) is 1.87. The van der Waals surface area contributed by atoms with E-state index in [1.807, 2.05) is 11.8 Å². The molecule has 102 valence electrons. The lowest BCUT2D eigenvalue weighted by Crippen LogP contribution is -2.23. The van der Waals surface area contributed by atoms with E-state index in [1.165, 1.54) is 11.1 Å². The molecule has 1 atom stereocenters. The van der Waals surface area contributed by atoms with Crippen molar-refractivity contribution in [3.05, 3.63) is 35.4 Å². The summed E-state index contributed by atoms with van der Waals surface area (Å²) >= 11 is 1.91. The molecule has 2 nitrogen and oxygen atoms in total. The molecule has 0 aliphatic rings. The van der Waals surface area contributed by atoms with E-state index < -0.39 is 0 Å². The zero-order valence-electron chi connectivity index (χ0n) is 11.5. The highest BCUT2D eigenvalue weighted by atomic mass is 32.2. The molecule has 1 aromatic carbocycles. The van der Waals surface area contributed by atoms with Gasteiger partial charge in [0, 0.05) is 24.9 Å². The molecule has 0 radical (unpaired) electrons. The van der Waals surface area contributed by atoms with Crippen molar-refractivity contribution in [1.82, 2.24) is 5.32 Å². The summed E-state index contributed by atoms with van der Waals surface area (Å²) in [6.45, 7) is 5.68. The summed E-state index contributed by atoms with van der Waals surface area (Å²) in [5, 5.41) is 12.3. The molecule has 0 saturated heterocycles. The standard InChI is InChI=1S/C15H25NOS/c1-3-15(14-7-5-13(2)6-8-14)16-9-12-18-11-4-10-17/h5-8,15-17H,3-4,9-12H2,1-2H3. The van der Waals surface area contributed by atoms with Crippen molar-refractivity contribution in [2.45, 2.75) is 32.7 Å². The van der Waals surface area contributed by atoms with E-state index in [0.29, 0.717) is 12.6 Å². The Kier molecular flexibility index (Phi) is 8.14. The fraction of sp³-hybridized carbons (Fsp3) is 0.600.